The van der Waals surface area contributed by atoms with Crippen LogP contribution in [0.3, 0.4) is 0 Å². The summed E-state index contributed by atoms with van der Waals surface area (Å²) in [7, 11) is 0. The molecule has 10 heteroatoms. The van der Waals surface area contributed by atoms with Crippen molar-refractivity contribution in [2.45, 2.75) is 43.3 Å². The maximum atomic E-state index is 13.1. The van der Waals surface area contributed by atoms with Crippen LogP contribution in [0.15, 0.2) is 77.1 Å². The van der Waals surface area contributed by atoms with Gasteiger partial charge in [-0.05, 0) is 42.3 Å². The second kappa shape index (κ2) is 11.2. The third kappa shape index (κ3) is 5.09. The summed E-state index contributed by atoms with van der Waals surface area (Å²) in [4.78, 5) is 27.4. The number of carbonyl (C=O) groups excluding carboxylic acids is 2. The van der Waals surface area contributed by atoms with Crippen LogP contribution in [0.25, 0.3) is 0 Å². The maximum absolute atomic E-state index is 13.1. The number of aliphatic hydroxyl groups excluding tert-OH is 1. The molecule has 3 heterocycles. The van der Waals surface area contributed by atoms with Crippen LogP contribution in [0.1, 0.15) is 61.7 Å². The fourth-order valence-electron chi connectivity index (χ4n) is 5.03. The number of aromatic nitrogens is 2. The average Bonchev–Trinajstić information content (AvgIpc) is 3.52. The highest BCUT2D eigenvalue weighted by atomic mass is 32.2. The van der Waals surface area contributed by atoms with Crippen molar-refractivity contribution in [2.75, 3.05) is 10.7 Å². The standard InChI is InChI=1S/C30H27N3O5S2/c1-17-25(16-39-30-32-31-18(2)40-30)37-29(38-26(17)20-12-10-19(15-34)11-13-20)21-6-5-7-22(14-21)33-27(35)23-8-3-4-9-24(23)28(33)36/h3-14,17,25-26,29,34H,15-16H2,1-2H3/t17-,25+,26+,29+/m0/s1. The van der Waals surface area contributed by atoms with Gasteiger partial charge in [-0.25, -0.2) is 4.90 Å². The molecular formula is C30H27N3O5S2. The Bertz CT molecular complexity index is 1520. The van der Waals surface area contributed by atoms with Gasteiger partial charge in [0.15, 0.2) is 10.6 Å². The minimum Gasteiger partial charge on any atom is -0.392 e. The molecule has 4 atom stereocenters. The SMILES string of the molecule is Cc1nnc(SC[C@H]2O[C@@H](c3cccc(N4C(=O)c5ccccc5C4=O)c3)O[C@@H](c3ccc(CO)cc3)[C@H]2C)s1. The number of ether oxygens (including phenoxy) is 2. The predicted octanol–water partition coefficient (Wildman–Crippen LogP) is 5.72. The first-order valence-corrected chi connectivity index (χ1v) is 14.7. The van der Waals surface area contributed by atoms with E-state index >= 15 is 0 Å². The highest BCUT2D eigenvalue weighted by Crippen LogP contribution is 2.44. The van der Waals surface area contributed by atoms with Crippen molar-refractivity contribution < 1.29 is 24.2 Å². The van der Waals surface area contributed by atoms with Crippen LogP contribution >= 0.6 is 23.1 Å². The van der Waals surface area contributed by atoms with Crippen molar-refractivity contribution in [3.8, 4) is 0 Å². The van der Waals surface area contributed by atoms with E-state index < -0.39 is 6.29 Å². The molecule has 1 aromatic heterocycles. The highest BCUT2D eigenvalue weighted by Gasteiger charge is 2.40. The zero-order valence-corrected chi connectivity index (χ0v) is 23.5. The summed E-state index contributed by atoms with van der Waals surface area (Å²) in [6.45, 7) is 4.00. The number of carbonyl (C=O) groups is 2. The summed E-state index contributed by atoms with van der Waals surface area (Å²) >= 11 is 3.15. The Morgan fingerprint density at radius 2 is 1.65 bits per heavy atom. The van der Waals surface area contributed by atoms with Gasteiger partial charge in [-0.1, -0.05) is 78.6 Å². The molecule has 0 saturated carbocycles. The van der Waals surface area contributed by atoms with Gasteiger partial charge in [-0.2, -0.15) is 0 Å². The Labute approximate surface area is 240 Å². The van der Waals surface area contributed by atoms with E-state index in [0.717, 1.165) is 20.5 Å². The van der Waals surface area contributed by atoms with Crippen LogP contribution in [0, 0.1) is 12.8 Å². The van der Waals surface area contributed by atoms with Crippen molar-refractivity contribution in [1.82, 2.24) is 10.2 Å². The molecule has 0 spiro atoms. The predicted molar refractivity (Wildman–Crippen MR) is 152 cm³/mol. The third-order valence-electron chi connectivity index (χ3n) is 7.20. The number of hydrogen-bond acceptors (Lipinski definition) is 9. The summed E-state index contributed by atoms with van der Waals surface area (Å²) < 4.78 is 14.0. The van der Waals surface area contributed by atoms with Gasteiger partial charge in [0.25, 0.3) is 11.8 Å². The quantitative estimate of drug-likeness (QED) is 0.221. The van der Waals surface area contributed by atoms with Gasteiger partial charge in [-0.15, -0.1) is 10.2 Å². The topological polar surface area (TPSA) is 102 Å². The number of fused-ring (bicyclic) bond motifs is 1. The van der Waals surface area contributed by atoms with E-state index in [1.807, 2.05) is 37.3 Å². The number of benzene rings is 3. The van der Waals surface area contributed by atoms with Crippen molar-refractivity contribution in [2.24, 2.45) is 5.92 Å². The molecule has 1 saturated heterocycles. The van der Waals surface area contributed by atoms with E-state index in [0.29, 0.717) is 28.1 Å². The summed E-state index contributed by atoms with van der Waals surface area (Å²) in [6.07, 6.45) is -1.19. The number of rotatable bonds is 7. The monoisotopic (exact) mass is 573 g/mol. The molecule has 1 N–H and O–H groups in total. The van der Waals surface area contributed by atoms with Gasteiger partial charge in [0, 0.05) is 17.2 Å². The molecule has 2 aliphatic rings. The van der Waals surface area contributed by atoms with Gasteiger partial charge in [-0.3, -0.25) is 9.59 Å². The van der Waals surface area contributed by atoms with E-state index in [-0.39, 0.29) is 36.5 Å². The number of anilines is 1. The first-order valence-electron chi connectivity index (χ1n) is 12.9. The molecule has 1 fully saturated rings. The van der Waals surface area contributed by atoms with Gasteiger partial charge in [0.05, 0.1) is 35.6 Å². The van der Waals surface area contributed by atoms with E-state index in [1.165, 1.54) is 4.90 Å². The Morgan fingerprint density at radius 3 is 2.30 bits per heavy atom. The van der Waals surface area contributed by atoms with Crippen LogP contribution < -0.4 is 4.90 Å². The fourth-order valence-corrected chi connectivity index (χ4v) is 7.04. The lowest BCUT2D eigenvalue weighted by Gasteiger charge is -2.41. The lowest BCUT2D eigenvalue weighted by Crippen LogP contribution is -2.38. The van der Waals surface area contributed by atoms with Gasteiger partial charge < -0.3 is 14.6 Å². The van der Waals surface area contributed by atoms with Crippen molar-refractivity contribution in [3.05, 3.63) is 106 Å². The molecule has 0 aliphatic carbocycles. The average molecular weight is 574 g/mol. The summed E-state index contributed by atoms with van der Waals surface area (Å²) in [5, 5.41) is 18.8. The zero-order valence-electron chi connectivity index (χ0n) is 21.9. The van der Waals surface area contributed by atoms with Crippen LogP contribution in [-0.4, -0.2) is 39.0 Å². The molecular weight excluding hydrogens is 546 g/mol. The molecule has 2 aliphatic heterocycles. The minimum atomic E-state index is -0.726. The number of thioether (sulfide) groups is 1. The number of hydrogen-bond donors (Lipinski definition) is 1. The van der Waals surface area contributed by atoms with E-state index in [1.54, 1.807) is 65.6 Å². The Morgan fingerprint density at radius 1 is 0.925 bits per heavy atom. The lowest BCUT2D eigenvalue weighted by molar-refractivity contribution is -0.268. The zero-order chi connectivity index (χ0) is 27.8. The van der Waals surface area contributed by atoms with Crippen molar-refractivity contribution in [1.29, 1.82) is 0 Å². The largest absolute Gasteiger partial charge is 0.392 e. The molecule has 2 amide bonds. The van der Waals surface area contributed by atoms with Gasteiger partial charge in [0.2, 0.25) is 0 Å². The van der Waals surface area contributed by atoms with Crippen molar-refractivity contribution in [3.63, 3.8) is 0 Å². The summed E-state index contributed by atoms with van der Waals surface area (Å²) in [6, 6.07) is 21.8. The summed E-state index contributed by atoms with van der Waals surface area (Å²) in [5.41, 5.74) is 3.77. The molecule has 8 nitrogen and oxygen atoms in total. The van der Waals surface area contributed by atoms with E-state index in [4.69, 9.17) is 9.47 Å². The molecule has 0 unspecified atom stereocenters. The van der Waals surface area contributed by atoms with Gasteiger partial charge >= 0.3 is 0 Å². The second-order valence-corrected chi connectivity index (χ2v) is 12.3. The smallest absolute Gasteiger partial charge is 0.266 e. The number of aryl methyl sites for hydroxylation is 1. The number of imide groups is 1. The third-order valence-corrected chi connectivity index (χ3v) is 9.26. The Hall–Kier alpha value is -3.41. The molecule has 3 aromatic carbocycles. The minimum absolute atomic E-state index is 0.0113. The number of nitrogens with zero attached hydrogens (tertiary/aromatic N) is 3. The van der Waals surface area contributed by atoms with Crippen LogP contribution in [0.2, 0.25) is 0 Å². The Kier molecular flexibility index (Phi) is 7.52. The summed E-state index contributed by atoms with van der Waals surface area (Å²) in [5.74, 6) is -0.0308. The highest BCUT2D eigenvalue weighted by molar-refractivity contribution is 8.01. The normalized spacial score (nSPS) is 22.5. The first kappa shape index (κ1) is 26.8. The van der Waals surface area contributed by atoms with E-state index in [9.17, 15) is 14.7 Å². The van der Waals surface area contributed by atoms with Crippen LogP contribution in [0.4, 0.5) is 5.69 Å². The molecule has 0 radical (unpaired) electrons. The van der Waals surface area contributed by atoms with E-state index in [2.05, 4.69) is 17.1 Å². The van der Waals surface area contributed by atoms with Crippen molar-refractivity contribution >= 4 is 40.6 Å². The molecule has 4 aromatic rings. The molecule has 204 valence electrons. The van der Waals surface area contributed by atoms with Gasteiger partial charge in [0.1, 0.15) is 5.01 Å². The molecule has 6 rings (SSSR count). The number of amides is 2. The second-order valence-electron chi connectivity index (χ2n) is 9.81. The number of aliphatic hydroxyl groups is 1. The fraction of sp³-hybridized carbons (Fsp3) is 0.267. The van der Waals surface area contributed by atoms with Crippen LogP contribution in [-0.2, 0) is 16.1 Å². The maximum Gasteiger partial charge on any atom is 0.266 e. The molecule has 0 bridgehead atoms. The lowest BCUT2D eigenvalue weighted by atomic mass is 9.91. The first-order chi connectivity index (χ1) is 19.4. The Balaban J connectivity index is 1.30. The molecule has 40 heavy (non-hydrogen) atoms. The van der Waals surface area contributed by atoms with Crippen LogP contribution in [0.5, 0.6) is 0 Å².